The minimum absolute atomic E-state index is 0.132. The Morgan fingerprint density at radius 2 is 2.27 bits per heavy atom. The zero-order valence-electron chi connectivity index (χ0n) is 8.91. The first-order valence-electron chi connectivity index (χ1n) is 4.90. The SMILES string of the molecule is COc1cncc(C(=O)C2(C)CNC2)c1. The van der Waals surface area contributed by atoms with Gasteiger partial charge in [0.1, 0.15) is 5.75 Å². The minimum Gasteiger partial charge on any atom is -0.495 e. The van der Waals surface area contributed by atoms with Gasteiger partial charge in [0, 0.05) is 24.8 Å². The Balaban J connectivity index is 2.25. The third-order valence-electron chi connectivity index (χ3n) is 2.79. The number of hydrogen-bond acceptors (Lipinski definition) is 4. The van der Waals surface area contributed by atoms with Crippen molar-refractivity contribution in [2.75, 3.05) is 20.2 Å². The first-order valence-corrected chi connectivity index (χ1v) is 4.90. The lowest BCUT2D eigenvalue weighted by Crippen LogP contribution is -2.56. The molecule has 80 valence electrons. The number of nitrogens with one attached hydrogen (secondary N) is 1. The number of aromatic nitrogens is 1. The standard InChI is InChI=1S/C11H14N2O2/c1-11(6-13-7-11)10(14)8-3-9(15-2)5-12-4-8/h3-5,13H,6-7H2,1-2H3. The summed E-state index contributed by atoms with van der Waals surface area (Å²) in [4.78, 5) is 16.1. The lowest BCUT2D eigenvalue weighted by Gasteiger charge is -2.37. The minimum atomic E-state index is -0.270. The van der Waals surface area contributed by atoms with E-state index in [4.69, 9.17) is 4.74 Å². The van der Waals surface area contributed by atoms with Crippen molar-refractivity contribution in [3.05, 3.63) is 24.0 Å². The predicted molar refractivity (Wildman–Crippen MR) is 56.1 cm³/mol. The zero-order valence-corrected chi connectivity index (χ0v) is 8.91. The normalized spacial score (nSPS) is 18.0. The number of nitrogens with zero attached hydrogens (tertiary/aromatic N) is 1. The van der Waals surface area contributed by atoms with Crippen LogP contribution in [0, 0.1) is 5.41 Å². The van der Waals surface area contributed by atoms with Gasteiger partial charge in [-0.15, -0.1) is 0 Å². The maximum absolute atomic E-state index is 12.1. The molecule has 0 bridgehead atoms. The van der Waals surface area contributed by atoms with E-state index < -0.39 is 0 Å². The molecule has 4 heteroatoms. The van der Waals surface area contributed by atoms with Crippen LogP contribution in [0.5, 0.6) is 5.75 Å². The third-order valence-corrected chi connectivity index (χ3v) is 2.79. The molecule has 1 aromatic rings. The first-order chi connectivity index (χ1) is 7.15. The van der Waals surface area contributed by atoms with Gasteiger partial charge in [0.25, 0.3) is 0 Å². The lowest BCUT2D eigenvalue weighted by molar-refractivity contribution is 0.0721. The van der Waals surface area contributed by atoms with Gasteiger partial charge in [-0.05, 0) is 13.0 Å². The first kappa shape index (κ1) is 10.1. The lowest BCUT2D eigenvalue weighted by atomic mass is 9.77. The van der Waals surface area contributed by atoms with E-state index >= 15 is 0 Å². The summed E-state index contributed by atoms with van der Waals surface area (Å²) in [6.45, 7) is 3.44. The molecule has 1 aromatic heterocycles. The highest BCUT2D eigenvalue weighted by atomic mass is 16.5. The van der Waals surface area contributed by atoms with Gasteiger partial charge in [0.15, 0.2) is 5.78 Å². The second-order valence-corrected chi connectivity index (χ2v) is 4.11. The van der Waals surface area contributed by atoms with E-state index in [0.29, 0.717) is 11.3 Å². The molecule has 0 unspecified atom stereocenters. The smallest absolute Gasteiger partial charge is 0.172 e. The second kappa shape index (κ2) is 3.62. The monoisotopic (exact) mass is 206 g/mol. The Morgan fingerprint density at radius 1 is 1.53 bits per heavy atom. The molecule has 2 rings (SSSR count). The van der Waals surface area contributed by atoms with E-state index in [1.807, 2.05) is 6.92 Å². The molecular weight excluding hydrogens is 192 g/mol. The van der Waals surface area contributed by atoms with Gasteiger partial charge in [-0.25, -0.2) is 0 Å². The fourth-order valence-electron chi connectivity index (χ4n) is 1.66. The molecule has 0 aromatic carbocycles. The van der Waals surface area contributed by atoms with Gasteiger partial charge >= 0.3 is 0 Å². The Morgan fingerprint density at radius 3 is 2.80 bits per heavy atom. The van der Waals surface area contributed by atoms with E-state index in [1.165, 1.54) is 0 Å². The zero-order chi connectivity index (χ0) is 10.9. The number of pyridine rings is 1. The topological polar surface area (TPSA) is 51.2 Å². The van der Waals surface area contributed by atoms with Crippen LogP contribution in [0.15, 0.2) is 18.5 Å². The summed E-state index contributed by atoms with van der Waals surface area (Å²) in [6.07, 6.45) is 3.19. The summed E-state index contributed by atoms with van der Waals surface area (Å²) in [6, 6.07) is 1.74. The summed E-state index contributed by atoms with van der Waals surface area (Å²) in [5.41, 5.74) is 0.354. The molecule has 0 radical (unpaired) electrons. The van der Waals surface area contributed by atoms with Gasteiger partial charge in [0.2, 0.25) is 0 Å². The van der Waals surface area contributed by atoms with Gasteiger partial charge in [-0.2, -0.15) is 0 Å². The van der Waals surface area contributed by atoms with Crippen molar-refractivity contribution in [1.29, 1.82) is 0 Å². The van der Waals surface area contributed by atoms with Gasteiger partial charge in [-0.1, -0.05) is 0 Å². The molecular formula is C11H14N2O2. The summed E-state index contributed by atoms with van der Waals surface area (Å²) < 4.78 is 5.04. The quantitative estimate of drug-likeness (QED) is 0.746. The number of ether oxygens (including phenoxy) is 1. The van der Waals surface area contributed by atoms with E-state index in [9.17, 15) is 4.79 Å². The molecule has 2 heterocycles. The van der Waals surface area contributed by atoms with Crippen LogP contribution in [0.25, 0.3) is 0 Å². The Bertz CT molecular complexity index is 386. The summed E-state index contributed by atoms with van der Waals surface area (Å²) >= 11 is 0. The van der Waals surface area contributed by atoms with Crippen LogP contribution in [0.4, 0.5) is 0 Å². The van der Waals surface area contributed by atoms with E-state index in [2.05, 4.69) is 10.3 Å². The molecule has 15 heavy (non-hydrogen) atoms. The van der Waals surface area contributed by atoms with Crippen molar-refractivity contribution in [2.45, 2.75) is 6.92 Å². The molecule has 1 fully saturated rings. The number of rotatable bonds is 3. The van der Waals surface area contributed by atoms with Gasteiger partial charge in [-0.3, -0.25) is 9.78 Å². The molecule has 0 spiro atoms. The number of carbonyl (C=O) groups excluding carboxylic acids is 1. The summed E-state index contributed by atoms with van der Waals surface area (Å²) in [7, 11) is 1.57. The van der Waals surface area contributed by atoms with Crippen LogP contribution in [0.1, 0.15) is 17.3 Å². The predicted octanol–water partition coefficient (Wildman–Crippen LogP) is 0.882. The van der Waals surface area contributed by atoms with E-state index in [0.717, 1.165) is 13.1 Å². The largest absolute Gasteiger partial charge is 0.495 e. The number of carbonyl (C=O) groups is 1. The van der Waals surface area contributed by atoms with Crippen LogP contribution >= 0.6 is 0 Å². The molecule has 1 aliphatic heterocycles. The summed E-state index contributed by atoms with van der Waals surface area (Å²) in [5.74, 6) is 0.754. The highest BCUT2D eigenvalue weighted by Gasteiger charge is 2.39. The van der Waals surface area contributed by atoms with Crippen LogP contribution in [-0.2, 0) is 0 Å². The maximum Gasteiger partial charge on any atom is 0.172 e. The molecule has 0 aliphatic carbocycles. The van der Waals surface area contributed by atoms with Crippen molar-refractivity contribution in [3.8, 4) is 5.75 Å². The number of Topliss-reactive ketones (excluding diaryl/α,β-unsaturated/α-hetero) is 1. The summed E-state index contributed by atoms with van der Waals surface area (Å²) in [5, 5.41) is 3.11. The number of methoxy groups -OCH3 is 1. The van der Waals surface area contributed by atoms with Crippen molar-refractivity contribution >= 4 is 5.78 Å². The van der Waals surface area contributed by atoms with Crippen molar-refractivity contribution < 1.29 is 9.53 Å². The van der Waals surface area contributed by atoms with E-state index in [1.54, 1.807) is 25.6 Å². The number of ketones is 1. The average molecular weight is 206 g/mol. The third kappa shape index (κ3) is 1.72. The molecule has 0 atom stereocenters. The van der Waals surface area contributed by atoms with Crippen molar-refractivity contribution in [3.63, 3.8) is 0 Å². The molecule has 0 saturated carbocycles. The Labute approximate surface area is 88.7 Å². The van der Waals surface area contributed by atoms with Crippen LogP contribution in [-0.4, -0.2) is 31.0 Å². The molecule has 1 N–H and O–H groups in total. The van der Waals surface area contributed by atoms with Crippen LogP contribution in [0.2, 0.25) is 0 Å². The van der Waals surface area contributed by atoms with Crippen LogP contribution in [0.3, 0.4) is 0 Å². The van der Waals surface area contributed by atoms with E-state index in [-0.39, 0.29) is 11.2 Å². The molecule has 0 amide bonds. The highest BCUT2D eigenvalue weighted by molar-refractivity contribution is 6.01. The molecule has 4 nitrogen and oxygen atoms in total. The molecule has 1 saturated heterocycles. The Hall–Kier alpha value is -1.42. The number of hydrogen-bond donors (Lipinski definition) is 1. The van der Waals surface area contributed by atoms with Gasteiger partial charge in [0.05, 0.1) is 18.7 Å². The van der Waals surface area contributed by atoms with Crippen molar-refractivity contribution in [2.24, 2.45) is 5.41 Å². The van der Waals surface area contributed by atoms with Crippen LogP contribution < -0.4 is 10.1 Å². The van der Waals surface area contributed by atoms with Crippen molar-refractivity contribution in [1.82, 2.24) is 10.3 Å². The maximum atomic E-state index is 12.1. The second-order valence-electron chi connectivity index (χ2n) is 4.11. The fraction of sp³-hybridized carbons (Fsp3) is 0.455. The highest BCUT2D eigenvalue weighted by Crippen LogP contribution is 2.27. The average Bonchev–Trinajstić information content (AvgIpc) is 2.25. The fourth-order valence-corrected chi connectivity index (χ4v) is 1.66. The Kier molecular flexibility index (Phi) is 2.44. The van der Waals surface area contributed by atoms with Gasteiger partial charge < -0.3 is 10.1 Å². The molecule has 1 aliphatic rings.